The highest BCUT2D eigenvalue weighted by Crippen LogP contribution is 2.46. The second-order valence-corrected chi connectivity index (χ2v) is 14.7. The number of para-hydroxylation sites is 3. The Morgan fingerprint density at radius 2 is 1.28 bits per heavy atom. The number of ether oxygens (including phenoxy) is 3. The Kier molecular flexibility index (Phi) is 23.2. The summed E-state index contributed by atoms with van der Waals surface area (Å²) >= 11 is 7.06. The van der Waals surface area contributed by atoms with Gasteiger partial charge in [0.1, 0.15) is 6.61 Å². The number of thiazole rings is 1. The number of rotatable bonds is 14. The zero-order valence-electron chi connectivity index (χ0n) is 34.3. The topological polar surface area (TPSA) is 273 Å². The Labute approximate surface area is 384 Å². The molecule has 2 heterocycles. The standard InChI is InChI=1S/C10H8ClNO3S.C9H8O4.C7H12O4.C6H5F7O3.C4HF7O2/c11-6-2-1-3-7-9(6)12(10(15)16-7)5-4-8(13)14;10-9(11)8-5-12-6-3-1-2-4-7(6)13-8;1-4(3-6(8)9)5(2)7(10)11;7-4(5(8,9)10,2-1-3(14)15)16-6(11,12)13;5-2(6,1(12)13)3(7,8)4(9,10)11/h1-3H,4-5H2,(H,13,14);1-4,8H,5H2,(H,10,11);4-5H,3H2,1-2H3,(H,8,9)(H,10,11);1-2H2,(H,14,15);(H,12,13). The van der Waals surface area contributed by atoms with Gasteiger partial charge in [-0.25, -0.2) is 18.7 Å². The molecule has 0 bridgehead atoms. The maximum atomic E-state index is 12.8. The van der Waals surface area contributed by atoms with Crippen molar-refractivity contribution in [1.29, 1.82) is 0 Å². The summed E-state index contributed by atoms with van der Waals surface area (Å²) in [5.74, 6) is -26.9. The van der Waals surface area contributed by atoms with Gasteiger partial charge in [0.2, 0.25) is 6.10 Å². The summed E-state index contributed by atoms with van der Waals surface area (Å²) in [5.41, 5.74) is 0.625. The second kappa shape index (κ2) is 25.4. The van der Waals surface area contributed by atoms with Crippen molar-refractivity contribution in [2.45, 2.75) is 88.6 Å². The average Bonchev–Trinajstić information content (AvgIpc) is 3.53. The van der Waals surface area contributed by atoms with Crippen LogP contribution < -0.4 is 14.3 Å². The first-order valence-corrected chi connectivity index (χ1v) is 19.2. The fourth-order valence-electron chi connectivity index (χ4n) is 4.34. The number of nitrogens with zero attached hydrogens (tertiary/aromatic N) is 1. The van der Waals surface area contributed by atoms with Gasteiger partial charge in [-0.15, -0.1) is 13.2 Å². The summed E-state index contributed by atoms with van der Waals surface area (Å²) in [4.78, 5) is 72.2. The number of halogens is 15. The third-order valence-electron chi connectivity index (χ3n) is 8.09. The summed E-state index contributed by atoms with van der Waals surface area (Å²) in [6.07, 6.45) is -22.9. The molecule has 4 rings (SSSR count). The maximum absolute atomic E-state index is 12.8. The van der Waals surface area contributed by atoms with Gasteiger partial charge in [-0.05, 0) is 30.2 Å². The highest BCUT2D eigenvalue weighted by molar-refractivity contribution is 7.16. The van der Waals surface area contributed by atoms with Gasteiger partial charge in [0.05, 0.1) is 34.0 Å². The van der Waals surface area contributed by atoms with Gasteiger partial charge in [-0.1, -0.05) is 55.0 Å². The molecule has 33 heteroatoms. The van der Waals surface area contributed by atoms with Crippen molar-refractivity contribution in [2.24, 2.45) is 11.8 Å². The largest absolute Gasteiger partial charge is 0.525 e. The van der Waals surface area contributed by atoms with Crippen LogP contribution in [0.1, 0.15) is 39.5 Å². The van der Waals surface area contributed by atoms with E-state index in [9.17, 15) is 95.0 Å². The van der Waals surface area contributed by atoms with Crippen molar-refractivity contribution < 1.29 is 135 Å². The van der Waals surface area contributed by atoms with E-state index in [0.29, 0.717) is 22.0 Å². The van der Waals surface area contributed by atoms with Gasteiger partial charge in [-0.3, -0.25) is 28.5 Å². The number of alkyl halides is 14. The number of fused-ring (bicyclic) bond motifs is 2. The lowest BCUT2D eigenvalue weighted by Crippen LogP contribution is -2.56. The first-order valence-electron chi connectivity index (χ1n) is 18.0. The summed E-state index contributed by atoms with van der Waals surface area (Å²) in [6.45, 7) is 3.34. The quantitative estimate of drug-likeness (QED) is 0.0827. The van der Waals surface area contributed by atoms with Gasteiger partial charge in [0.25, 0.3) is 0 Å². The highest BCUT2D eigenvalue weighted by Gasteiger charge is 2.76. The minimum Gasteiger partial charge on any atom is -0.485 e. The minimum atomic E-state index is -6.60. The van der Waals surface area contributed by atoms with Crippen molar-refractivity contribution in [1.82, 2.24) is 4.57 Å². The molecule has 69 heavy (non-hydrogen) atoms. The van der Waals surface area contributed by atoms with Crippen molar-refractivity contribution >= 4 is 69.0 Å². The van der Waals surface area contributed by atoms with E-state index in [4.69, 9.17) is 51.7 Å². The molecule has 6 N–H and O–H groups in total. The maximum Gasteiger partial charge on any atom is 0.525 e. The number of aromatic nitrogens is 1. The van der Waals surface area contributed by atoms with E-state index in [1.807, 2.05) is 6.07 Å². The van der Waals surface area contributed by atoms with Crippen LogP contribution in [-0.2, 0) is 40.0 Å². The lowest BCUT2D eigenvalue weighted by Gasteiger charge is -2.27. The predicted octanol–water partition coefficient (Wildman–Crippen LogP) is 8.44. The summed E-state index contributed by atoms with van der Waals surface area (Å²) in [6, 6.07) is 12.3. The zero-order valence-corrected chi connectivity index (χ0v) is 35.9. The number of hydrogen-bond donors (Lipinski definition) is 6. The Hall–Kier alpha value is -6.18. The molecule has 17 nitrogen and oxygen atoms in total. The predicted molar refractivity (Wildman–Crippen MR) is 203 cm³/mol. The molecule has 1 aromatic heterocycles. The van der Waals surface area contributed by atoms with E-state index in [1.165, 1.54) is 11.5 Å². The van der Waals surface area contributed by atoms with E-state index >= 15 is 0 Å². The molecule has 0 spiro atoms. The molecule has 1 aliphatic heterocycles. The molecule has 0 saturated heterocycles. The molecule has 2 aromatic carbocycles. The fraction of sp³-hybridized carbons (Fsp3) is 0.472. The van der Waals surface area contributed by atoms with E-state index in [-0.39, 0.29) is 36.8 Å². The Morgan fingerprint density at radius 1 is 0.754 bits per heavy atom. The summed E-state index contributed by atoms with van der Waals surface area (Å²) in [5, 5.41) is 49.9. The number of hydrogen-bond acceptors (Lipinski definition) is 11. The van der Waals surface area contributed by atoms with Crippen LogP contribution in [0.3, 0.4) is 0 Å². The Morgan fingerprint density at radius 3 is 1.68 bits per heavy atom. The SMILES string of the molecule is CC(CC(=O)O)C(C)C(=O)O.O=C(O)C(F)(F)C(F)(F)C(F)(F)F.O=C(O)C1COc2ccccc2O1.O=C(O)CCC(F)(OC(F)(F)F)C(F)(F)F.O=C(O)CCn1c(=O)sc2cccc(Cl)c21. The normalized spacial score (nSPS) is 15.3. The van der Waals surface area contributed by atoms with Crippen molar-refractivity contribution in [3.63, 3.8) is 0 Å². The summed E-state index contributed by atoms with van der Waals surface area (Å²) < 4.78 is 178. The molecular formula is C36H34ClF14NO16S. The van der Waals surface area contributed by atoms with Gasteiger partial charge in [0.15, 0.2) is 11.5 Å². The van der Waals surface area contributed by atoms with Crippen molar-refractivity contribution in [3.05, 3.63) is 57.2 Å². The number of aliphatic carboxylic acids is 6. The molecule has 390 valence electrons. The number of benzene rings is 2. The number of carbonyl (C=O) groups is 6. The second-order valence-electron chi connectivity index (χ2n) is 13.3. The molecule has 0 fully saturated rings. The summed E-state index contributed by atoms with van der Waals surface area (Å²) in [7, 11) is 0. The van der Waals surface area contributed by atoms with Crippen molar-refractivity contribution in [2.75, 3.05) is 6.61 Å². The Bertz CT molecular complexity index is 2300. The molecule has 4 atom stereocenters. The monoisotopic (exact) mass is 1070 g/mol. The van der Waals surface area contributed by atoms with Crippen LogP contribution in [0, 0.1) is 11.8 Å². The van der Waals surface area contributed by atoms with Crippen LogP contribution in [0.4, 0.5) is 61.5 Å². The zero-order chi connectivity index (χ0) is 54.3. The molecule has 1 aliphatic rings. The van der Waals surface area contributed by atoms with Gasteiger partial charge in [0, 0.05) is 19.4 Å². The third kappa shape index (κ3) is 19.8. The molecule has 0 amide bonds. The first-order chi connectivity index (χ1) is 31.1. The van der Waals surface area contributed by atoms with E-state index in [1.54, 1.807) is 43.3 Å². The molecular weight excluding hydrogens is 1040 g/mol. The fourth-order valence-corrected chi connectivity index (χ4v) is 5.62. The van der Waals surface area contributed by atoms with Crippen LogP contribution >= 0.6 is 22.9 Å². The molecule has 3 aromatic rings. The van der Waals surface area contributed by atoms with Crippen LogP contribution in [-0.4, -0.2) is 120 Å². The van der Waals surface area contributed by atoms with Gasteiger partial charge >= 0.3 is 77.1 Å². The van der Waals surface area contributed by atoms with Crippen LogP contribution in [0.2, 0.25) is 5.02 Å². The number of aryl methyl sites for hydroxylation is 1. The van der Waals surface area contributed by atoms with Gasteiger partial charge < -0.3 is 40.1 Å². The van der Waals surface area contributed by atoms with Crippen molar-refractivity contribution in [3.8, 4) is 11.5 Å². The van der Waals surface area contributed by atoms with Crippen LogP contribution in [0.25, 0.3) is 10.2 Å². The van der Waals surface area contributed by atoms with Crippen LogP contribution in [0.15, 0.2) is 47.3 Å². The lowest BCUT2D eigenvalue weighted by molar-refractivity contribution is -0.448. The van der Waals surface area contributed by atoms with E-state index < -0.39 is 97.1 Å². The molecule has 4 unspecified atom stereocenters. The molecule has 0 radical (unpaired) electrons. The van der Waals surface area contributed by atoms with E-state index in [0.717, 1.165) is 16.0 Å². The van der Waals surface area contributed by atoms with Gasteiger partial charge in [-0.2, -0.15) is 43.9 Å². The number of carboxylic acids is 6. The lowest BCUT2D eigenvalue weighted by atomic mass is 9.93. The van der Waals surface area contributed by atoms with Crippen LogP contribution in [0.5, 0.6) is 11.5 Å². The number of carboxylic acid groups (broad SMARTS) is 6. The molecule has 0 saturated carbocycles. The smallest absolute Gasteiger partial charge is 0.485 e. The Balaban J connectivity index is 0.000000844. The highest BCUT2D eigenvalue weighted by atomic mass is 35.5. The third-order valence-corrected chi connectivity index (χ3v) is 9.34. The average molecular weight is 1070 g/mol. The minimum absolute atomic E-state index is 0.0619. The van der Waals surface area contributed by atoms with E-state index in [2.05, 4.69) is 4.74 Å². The molecule has 0 aliphatic carbocycles. The first kappa shape index (κ1) is 62.8.